The van der Waals surface area contributed by atoms with Gasteiger partial charge in [0.2, 0.25) is 5.91 Å². The lowest BCUT2D eigenvalue weighted by Gasteiger charge is -2.26. The van der Waals surface area contributed by atoms with Gasteiger partial charge in [-0.1, -0.05) is 32.1 Å². The van der Waals surface area contributed by atoms with Crippen molar-refractivity contribution in [3.8, 4) is 0 Å². The molecule has 1 rings (SSSR count). The van der Waals surface area contributed by atoms with Gasteiger partial charge >= 0.3 is 0 Å². The highest BCUT2D eigenvalue weighted by atomic mass is 16.5. The van der Waals surface area contributed by atoms with E-state index in [4.69, 9.17) is 15.9 Å². The third-order valence-corrected chi connectivity index (χ3v) is 2.31. The zero-order valence-corrected chi connectivity index (χ0v) is 6.79. The molecule has 0 heterocycles. The van der Waals surface area contributed by atoms with Gasteiger partial charge in [0.25, 0.3) is 0 Å². The first-order valence-corrected chi connectivity index (χ1v) is 4.31. The topological polar surface area (TPSA) is 66.5 Å². The minimum absolute atomic E-state index is 0.326. The lowest BCUT2D eigenvalue weighted by atomic mass is 9.86. The quantitative estimate of drug-likeness (QED) is 0.515. The van der Waals surface area contributed by atoms with E-state index >= 15 is 0 Å². The third-order valence-electron chi connectivity index (χ3n) is 2.31. The summed E-state index contributed by atoms with van der Waals surface area (Å²) in [6.07, 6.45) is 6.22. The minimum atomic E-state index is -1.94. The van der Waals surface area contributed by atoms with Crippen LogP contribution in [0.3, 0.4) is 0 Å². The first kappa shape index (κ1) is 8.97. The number of hydrogen-bond acceptors (Lipinski definition) is 3. The van der Waals surface area contributed by atoms with Crippen LogP contribution >= 0.6 is 0 Å². The van der Waals surface area contributed by atoms with E-state index in [0.717, 1.165) is 12.8 Å². The zero-order valence-electron chi connectivity index (χ0n) is 6.79. The maximum Gasteiger partial charge on any atom is 0.220 e. The van der Waals surface area contributed by atoms with E-state index in [9.17, 15) is 0 Å². The molecule has 0 bridgehead atoms. The van der Waals surface area contributed by atoms with E-state index in [-0.39, 0.29) is 0 Å². The summed E-state index contributed by atoms with van der Waals surface area (Å²) in [5.41, 5.74) is 5.08. The molecule has 0 saturated heterocycles. The van der Waals surface area contributed by atoms with E-state index < -0.39 is 5.91 Å². The molecule has 66 valence electrons. The fourth-order valence-electron chi connectivity index (χ4n) is 1.82. The highest BCUT2D eigenvalue weighted by molar-refractivity contribution is 4.69. The number of aliphatic hydroxyl groups is 2. The summed E-state index contributed by atoms with van der Waals surface area (Å²) < 4.78 is 0. The van der Waals surface area contributed by atoms with Gasteiger partial charge < -0.3 is 10.2 Å². The predicted molar refractivity (Wildman–Crippen MR) is 42.5 cm³/mol. The maximum atomic E-state index is 8.90. The Labute approximate surface area is 67.2 Å². The highest BCUT2D eigenvalue weighted by Crippen LogP contribution is 2.28. The van der Waals surface area contributed by atoms with Gasteiger partial charge in [0.05, 0.1) is 0 Å². The Bertz CT molecular complexity index is 114. The first-order valence-electron chi connectivity index (χ1n) is 4.31. The normalized spacial score (nSPS) is 22.1. The van der Waals surface area contributed by atoms with Crippen LogP contribution in [-0.2, 0) is 0 Å². The van der Waals surface area contributed by atoms with Crippen molar-refractivity contribution < 1.29 is 10.2 Å². The smallest absolute Gasteiger partial charge is 0.220 e. The first-order chi connectivity index (χ1) is 5.08. The Hall–Kier alpha value is -0.120. The van der Waals surface area contributed by atoms with Crippen molar-refractivity contribution in [2.24, 2.45) is 11.7 Å². The molecule has 0 radical (unpaired) electrons. The molecule has 3 heteroatoms. The van der Waals surface area contributed by atoms with Crippen LogP contribution in [0.4, 0.5) is 0 Å². The molecule has 1 fully saturated rings. The molecular formula is C8H17NO2. The Kier molecular flexibility index (Phi) is 2.87. The maximum absolute atomic E-state index is 8.90. The van der Waals surface area contributed by atoms with Crippen LogP contribution in [0.15, 0.2) is 0 Å². The summed E-state index contributed by atoms with van der Waals surface area (Å²) in [5, 5.41) is 17.8. The average Bonchev–Trinajstić information content (AvgIpc) is 1.85. The van der Waals surface area contributed by atoms with Crippen LogP contribution in [0.1, 0.15) is 38.5 Å². The number of nitrogens with two attached hydrogens (primary N) is 1. The highest BCUT2D eigenvalue weighted by Gasteiger charge is 2.23. The van der Waals surface area contributed by atoms with Crippen LogP contribution in [0.25, 0.3) is 0 Å². The van der Waals surface area contributed by atoms with Crippen molar-refractivity contribution >= 4 is 0 Å². The molecule has 0 atom stereocenters. The SMILES string of the molecule is NC(O)(O)CC1CCCCC1. The van der Waals surface area contributed by atoms with Gasteiger partial charge in [0, 0.05) is 6.42 Å². The number of rotatable bonds is 2. The molecule has 1 saturated carbocycles. The van der Waals surface area contributed by atoms with Gasteiger partial charge in [-0.2, -0.15) is 0 Å². The largest absolute Gasteiger partial charge is 0.354 e. The summed E-state index contributed by atoms with van der Waals surface area (Å²) in [6, 6.07) is 0. The molecule has 0 unspecified atom stereocenters. The second-order valence-electron chi connectivity index (χ2n) is 3.59. The molecule has 4 N–H and O–H groups in total. The second kappa shape index (κ2) is 3.52. The van der Waals surface area contributed by atoms with Gasteiger partial charge in [-0.3, -0.25) is 5.73 Å². The van der Waals surface area contributed by atoms with Crippen LogP contribution in [-0.4, -0.2) is 16.1 Å². The average molecular weight is 159 g/mol. The van der Waals surface area contributed by atoms with Crippen molar-refractivity contribution in [1.29, 1.82) is 0 Å². The molecule has 1 aliphatic rings. The van der Waals surface area contributed by atoms with Crippen molar-refractivity contribution in [3.63, 3.8) is 0 Å². The molecule has 0 aliphatic heterocycles. The van der Waals surface area contributed by atoms with Gasteiger partial charge in [0.1, 0.15) is 0 Å². The fourth-order valence-corrected chi connectivity index (χ4v) is 1.82. The second-order valence-corrected chi connectivity index (χ2v) is 3.59. The van der Waals surface area contributed by atoms with Gasteiger partial charge in [-0.25, -0.2) is 0 Å². The van der Waals surface area contributed by atoms with E-state index in [1.807, 2.05) is 0 Å². The molecule has 11 heavy (non-hydrogen) atoms. The third kappa shape index (κ3) is 3.70. The zero-order chi connectivity index (χ0) is 8.32. The summed E-state index contributed by atoms with van der Waals surface area (Å²) in [4.78, 5) is 0. The van der Waals surface area contributed by atoms with E-state index in [1.165, 1.54) is 19.3 Å². The van der Waals surface area contributed by atoms with Crippen molar-refractivity contribution in [2.45, 2.75) is 44.4 Å². The number of hydrogen-bond donors (Lipinski definition) is 3. The lowest BCUT2D eigenvalue weighted by molar-refractivity contribution is -0.170. The van der Waals surface area contributed by atoms with Crippen LogP contribution < -0.4 is 5.73 Å². The molecule has 3 nitrogen and oxygen atoms in total. The van der Waals surface area contributed by atoms with Crippen LogP contribution in [0, 0.1) is 5.92 Å². The van der Waals surface area contributed by atoms with E-state index in [0.29, 0.717) is 12.3 Å². The Morgan fingerprint density at radius 2 is 1.73 bits per heavy atom. The Morgan fingerprint density at radius 1 is 1.18 bits per heavy atom. The fraction of sp³-hybridized carbons (Fsp3) is 1.00. The minimum Gasteiger partial charge on any atom is -0.354 e. The van der Waals surface area contributed by atoms with Gasteiger partial charge in [-0.15, -0.1) is 0 Å². The lowest BCUT2D eigenvalue weighted by Crippen LogP contribution is -2.41. The molecular weight excluding hydrogens is 142 g/mol. The Balaban J connectivity index is 2.24. The molecule has 0 amide bonds. The summed E-state index contributed by atoms with van der Waals surface area (Å²) in [6.45, 7) is 0. The van der Waals surface area contributed by atoms with Crippen molar-refractivity contribution in [1.82, 2.24) is 0 Å². The molecule has 0 spiro atoms. The van der Waals surface area contributed by atoms with Gasteiger partial charge in [0.15, 0.2) is 0 Å². The van der Waals surface area contributed by atoms with E-state index in [2.05, 4.69) is 0 Å². The van der Waals surface area contributed by atoms with E-state index in [1.54, 1.807) is 0 Å². The monoisotopic (exact) mass is 159 g/mol. The molecule has 0 aromatic rings. The van der Waals surface area contributed by atoms with Crippen molar-refractivity contribution in [3.05, 3.63) is 0 Å². The standard InChI is InChI=1S/C8H17NO2/c9-8(10,11)6-7-4-2-1-3-5-7/h7,10-11H,1-6,9H2. The predicted octanol–water partition coefficient (Wildman–Crippen LogP) is 0.554. The summed E-state index contributed by atoms with van der Waals surface area (Å²) >= 11 is 0. The van der Waals surface area contributed by atoms with Gasteiger partial charge in [-0.05, 0) is 5.92 Å². The van der Waals surface area contributed by atoms with Crippen LogP contribution in [0.2, 0.25) is 0 Å². The molecule has 0 aromatic carbocycles. The van der Waals surface area contributed by atoms with Crippen LogP contribution in [0.5, 0.6) is 0 Å². The summed E-state index contributed by atoms with van der Waals surface area (Å²) in [5.74, 6) is -1.52. The molecule has 0 aromatic heterocycles. The summed E-state index contributed by atoms with van der Waals surface area (Å²) in [7, 11) is 0. The van der Waals surface area contributed by atoms with Crippen molar-refractivity contribution in [2.75, 3.05) is 0 Å². The molecule has 1 aliphatic carbocycles. The Morgan fingerprint density at radius 3 is 2.18 bits per heavy atom.